The van der Waals surface area contributed by atoms with Crippen LogP contribution >= 0.6 is 11.6 Å². The summed E-state index contributed by atoms with van der Waals surface area (Å²) in [4.78, 5) is 0. The first-order valence-electron chi connectivity index (χ1n) is 6.26. The van der Waals surface area contributed by atoms with Gasteiger partial charge in [-0.2, -0.15) is 0 Å². The van der Waals surface area contributed by atoms with Gasteiger partial charge in [-0.3, -0.25) is 0 Å². The van der Waals surface area contributed by atoms with Crippen LogP contribution in [-0.4, -0.2) is 20.2 Å². The second-order valence-corrected chi connectivity index (χ2v) is 5.20. The summed E-state index contributed by atoms with van der Waals surface area (Å²) in [6.45, 7) is 4.16. The number of hydrogen-bond donors (Lipinski definition) is 1. The maximum absolute atomic E-state index is 6.12. The Bertz CT molecular complexity index is 388. The van der Waals surface area contributed by atoms with E-state index in [1.54, 1.807) is 7.11 Å². The average Bonchev–Trinajstić information content (AvgIpc) is 2.28. The Morgan fingerprint density at radius 2 is 2.18 bits per heavy atom. The zero-order chi connectivity index (χ0) is 12.3. The molecule has 1 aromatic rings. The molecule has 0 saturated heterocycles. The molecule has 0 bridgehead atoms. The van der Waals surface area contributed by atoms with E-state index < -0.39 is 0 Å². The van der Waals surface area contributed by atoms with E-state index in [2.05, 4.69) is 18.3 Å². The van der Waals surface area contributed by atoms with E-state index in [9.17, 15) is 0 Å². The summed E-state index contributed by atoms with van der Waals surface area (Å²) in [5, 5.41) is 4.26. The number of nitrogens with one attached hydrogen (secondary N) is 1. The SMILES string of the molecule is CCNCC1(c2cc(Cl)ccc2OC)CCC1. The number of halogens is 1. The van der Waals surface area contributed by atoms with Crippen molar-refractivity contribution in [3.8, 4) is 5.75 Å². The van der Waals surface area contributed by atoms with Gasteiger partial charge in [-0.25, -0.2) is 0 Å². The smallest absolute Gasteiger partial charge is 0.122 e. The zero-order valence-electron chi connectivity index (χ0n) is 10.6. The Morgan fingerprint density at radius 1 is 1.41 bits per heavy atom. The van der Waals surface area contributed by atoms with Gasteiger partial charge in [-0.15, -0.1) is 0 Å². The Kier molecular flexibility index (Phi) is 3.95. The van der Waals surface area contributed by atoms with Gasteiger partial charge in [-0.1, -0.05) is 24.9 Å². The van der Waals surface area contributed by atoms with Crippen molar-refractivity contribution >= 4 is 11.6 Å². The molecule has 0 unspecified atom stereocenters. The number of likely N-dealkylation sites (N-methyl/N-ethyl adjacent to an activating group) is 1. The highest BCUT2D eigenvalue weighted by atomic mass is 35.5. The molecule has 0 amide bonds. The minimum absolute atomic E-state index is 0.228. The summed E-state index contributed by atoms with van der Waals surface area (Å²) < 4.78 is 5.48. The lowest BCUT2D eigenvalue weighted by atomic mass is 9.64. The maximum Gasteiger partial charge on any atom is 0.122 e. The van der Waals surface area contributed by atoms with Gasteiger partial charge in [0.2, 0.25) is 0 Å². The molecule has 0 aliphatic heterocycles. The first-order chi connectivity index (χ1) is 8.22. The molecule has 0 heterocycles. The predicted octanol–water partition coefficient (Wildman–Crippen LogP) is 3.38. The molecule has 1 aliphatic rings. The van der Waals surface area contributed by atoms with Crippen molar-refractivity contribution in [2.24, 2.45) is 0 Å². The second-order valence-electron chi connectivity index (χ2n) is 4.76. The summed E-state index contributed by atoms with van der Waals surface area (Å²) in [7, 11) is 1.73. The monoisotopic (exact) mass is 253 g/mol. The van der Waals surface area contributed by atoms with Gasteiger partial charge in [0, 0.05) is 22.5 Å². The highest BCUT2D eigenvalue weighted by Crippen LogP contribution is 2.47. The van der Waals surface area contributed by atoms with Gasteiger partial charge in [0.15, 0.2) is 0 Å². The minimum atomic E-state index is 0.228. The fourth-order valence-electron chi connectivity index (χ4n) is 2.60. The summed E-state index contributed by atoms with van der Waals surface area (Å²) in [5.74, 6) is 0.965. The van der Waals surface area contributed by atoms with Crippen molar-refractivity contribution in [3.63, 3.8) is 0 Å². The molecule has 1 N–H and O–H groups in total. The fraction of sp³-hybridized carbons (Fsp3) is 0.571. The molecular weight excluding hydrogens is 234 g/mol. The van der Waals surface area contributed by atoms with Crippen LogP contribution in [0.5, 0.6) is 5.75 Å². The number of ether oxygens (including phenoxy) is 1. The molecule has 0 spiro atoms. The summed E-state index contributed by atoms with van der Waals surface area (Å²) in [6.07, 6.45) is 3.73. The van der Waals surface area contributed by atoms with Crippen molar-refractivity contribution in [1.82, 2.24) is 5.32 Å². The molecule has 2 rings (SSSR count). The van der Waals surface area contributed by atoms with Gasteiger partial charge in [0.05, 0.1) is 7.11 Å². The lowest BCUT2D eigenvalue weighted by molar-refractivity contribution is 0.227. The van der Waals surface area contributed by atoms with Crippen LogP contribution in [0.2, 0.25) is 5.02 Å². The molecule has 1 aliphatic carbocycles. The summed E-state index contributed by atoms with van der Waals surface area (Å²) in [6, 6.07) is 5.93. The quantitative estimate of drug-likeness (QED) is 0.869. The van der Waals surface area contributed by atoms with E-state index >= 15 is 0 Å². The molecule has 0 aromatic heterocycles. The van der Waals surface area contributed by atoms with Crippen LogP contribution in [0.4, 0.5) is 0 Å². The van der Waals surface area contributed by atoms with E-state index in [-0.39, 0.29) is 5.41 Å². The lowest BCUT2D eigenvalue weighted by Gasteiger charge is -2.43. The van der Waals surface area contributed by atoms with Crippen molar-refractivity contribution in [2.75, 3.05) is 20.2 Å². The molecule has 94 valence electrons. The molecule has 17 heavy (non-hydrogen) atoms. The third-order valence-corrected chi connectivity index (χ3v) is 3.99. The normalized spacial score (nSPS) is 17.6. The predicted molar refractivity (Wildman–Crippen MR) is 72.1 cm³/mol. The summed E-state index contributed by atoms with van der Waals surface area (Å²) >= 11 is 6.12. The number of methoxy groups -OCH3 is 1. The minimum Gasteiger partial charge on any atom is -0.496 e. The Morgan fingerprint density at radius 3 is 2.71 bits per heavy atom. The third-order valence-electron chi connectivity index (χ3n) is 3.76. The van der Waals surface area contributed by atoms with E-state index in [4.69, 9.17) is 16.3 Å². The molecule has 1 aromatic carbocycles. The molecule has 0 radical (unpaired) electrons. The van der Waals surface area contributed by atoms with Gasteiger partial charge in [0.25, 0.3) is 0 Å². The van der Waals surface area contributed by atoms with Gasteiger partial charge in [0.1, 0.15) is 5.75 Å². The first-order valence-corrected chi connectivity index (χ1v) is 6.64. The Hall–Kier alpha value is -0.730. The van der Waals surface area contributed by atoms with Gasteiger partial charge < -0.3 is 10.1 Å². The van der Waals surface area contributed by atoms with Crippen LogP contribution < -0.4 is 10.1 Å². The van der Waals surface area contributed by atoms with Crippen molar-refractivity contribution in [3.05, 3.63) is 28.8 Å². The third kappa shape index (κ3) is 2.43. The van der Waals surface area contributed by atoms with E-state index in [1.165, 1.54) is 24.8 Å². The zero-order valence-corrected chi connectivity index (χ0v) is 11.3. The topological polar surface area (TPSA) is 21.3 Å². The van der Waals surface area contributed by atoms with Crippen LogP contribution in [-0.2, 0) is 5.41 Å². The van der Waals surface area contributed by atoms with Crippen molar-refractivity contribution in [1.29, 1.82) is 0 Å². The fourth-order valence-corrected chi connectivity index (χ4v) is 2.78. The first kappa shape index (κ1) is 12.7. The van der Waals surface area contributed by atoms with E-state index in [1.807, 2.05) is 12.1 Å². The van der Waals surface area contributed by atoms with Gasteiger partial charge in [-0.05, 0) is 37.6 Å². The Balaban J connectivity index is 2.32. The van der Waals surface area contributed by atoms with Crippen molar-refractivity contribution in [2.45, 2.75) is 31.6 Å². The molecule has 1 saturated carbocycles. The van der Waals surface area contributed by atoms with Crippen LogP contribution in [0, 0.1) is 0 Å². The van der Waals surface area contributed by atoms with Crippen LogP contribution in [0.3, 0.4) is 0 Å². The number of hydrogen-bond acceptors (Lipinski definition) is 2. The van der Waals surface area contributed by atoms with Crippen LogP contribution in [0.15, 0.2) is 18.2 Å². The van der Waals surface area contributed by atoms with E-state index in [0.29, 0.717) is 0 Å². The maximum atomic E-state index is 6.12. The summed E-state index contributed by atoms with van der Waals surface area (Å²) in [5.41, 5.74) is 1.49. The number of rotatable bonds is 5. The Labute approximate surface area is 108 Å². The number of benzene rings is 1. The van der Waals surface area contributed by atoms with Crippen LogP contribution in [0.25, 0.3) is 0 Å². The van der Waals surface area contributed by atoms with Gasteiger partial charge >= 0.3 is 0 Å². The van der Waals surface area contributed by atoms with Crippen LogP contribution in [0.1, 0.15) is 31.7 Å². The largest absolute Gasteiger partial charge is 0.496 e. The molecule has 0 atom stereocenters. The highest BCUT2D eigenvalue weighted by Gasteiger charge is 2.40. The molecular formula is C14H20ClNO. The molecule has 1 fully saturated rings. The highest BCUT2D eigenvalue weighted by molar-refractivity contribution is 6.30. The van der Waals surface area contributed by atoms with Crippen molar-refractivity contribution < 1.29 is 4.74 Å². The lowest BCUT2D eigenvalue weighted by Crippen LogP contribution is -2.44. The van der Waals surface area contributed by atoms with E-state index in [0.717, 1.165) is 23.9 Å². The molecule has 2 nitrogen and oxygen atoms in total. The molecule has 3 heteroatoms. The standard InChI is InChI=1S/C14H20ClNO/c1-3-16-10-14(7-4-8-14)12-9-11(15)5-6-13(12)17-2/h5-6,9,16H,3-4,7-8,10H2,1-2H3. The second kappa shape index (κ2) is 5.28. The average molecular weight is 254 g/mol.